The molecule has 0 saturated carbocycles. The molecule has 4 aromatic rings. The van der Waals surface area contributed by atoms with E-state index in [0.717, 1.165) is 48.3 Å². The number of aryl methyl sites for hydroxylation is 1. The second-order valence-corrected chi connectivity index (χ2v) is 10.4. The Balaban J connectivity index is 1.39. The number of hydrogen-bond acceptors (Lipinski definition) is 5. The summed E-state index contributed by atoms with van der Waals surface area (Å²) >= 11 is 1.51. The first kappa shape index (κ1) is 23.9. The van der Waals surface area contributed by atoms with Crippen molar-refractivity contribution in [2.45, 2.75) is 52.0 Å². The Morgan fingerprint density at radius 3 is 2.72 bits per heavy atom. The number of hydrogen-bond donors (Lipinski definition) is 2. The molecule has 2 amide bonds. The summed E-state index contributed by atoms with van der Waals surface area (Å²) < 4.78 is 2.13. The highest BCUT2D eigenvalue weighted by atomic mass is 32.1. The van der Waals surface area contributed by atoms with Crippen LogP contribution >= 0.6 is 11.3 Å². The predicted octanol–water partition coefficient (Wildman–Crippen LogP) is 5.89. The molecule has 1 aliphatic carbocycles. The highest BCUT2D eigenvalue weighted by Gasteiger charge is 2.27. The Hall–Kier alpha value is -3.78. The Labute approximate surface area is 214 Å². The quantitative estimate of drug-likeness (QED) is 0.332. The van der Waals surface area contributed by atoms with E-state index in [1.807, 2.05) is 36.7 Å². The molecule has 1 aliphatic rings. The molecule has 0 fully saturated rings. The fraction of sp³-hybridized carbons (Fsp3) is 0.286. The monoisotopic (exact) mass is 499 g/mol. The van der Waals surface area contributed by atoms with Crippen LogP contribution < -0.4 is 10.6 Å². The summed E-state index contributed by atoms with van der Waals surface area (Å²) in [5.41, 5.74) is 3.90. The molecule has 0 unspecified atom stereocenters. The molecule has 0 spiro atoms. The second-order valence-electron chi connectivity index (χ2n) is 9.33. The Morgan fingerprint density at radius 1 is 1.06 bits per heavy atom. The van der Waals surface area contributed by atoms with Crippen LogP contribution in [-0.2, 0) is 19.4 Å². The van der Waals surface area contributed by atoms with E-state index in [1.165, 1.54) is 22.4 Å². The SMILES string of the molecule is CC(C)c1nccn1Cc1cccc(NC(=O)c2c(NC(=O)c3cccnc3)sc3c2CCCC3)c1. The highest BCUT2D eigenvalue weighted by Crippen LogP contribution is 2.38. The number of carbonyl (C=O) groups excluding carboxylic acids is 2. The number of imidazole rings is 1. The first-order valence-corrected chi connectivity index (χ1v) is 13.1. The summed E-state index contributed by atoms with van der Waals surface area (Å²) in [6.07, 6.45) is 10.9. The van der Waals surface area contributed by atoms with E-state index in [9.17, 15) is 9.59 Å². The van der Waals surface area contributed by atoms with Gasteiger partial charge in [0.1, 0.15) is 10.8 Å². The first-order valence-electron chi connectivity index (χ1n) is 12.3. The smallest absolute Gasteiger partial charge is 0.258 e. The third-order valence-electron chi connectivity index (χ3n) is 6.35. The van der Waals surface area contributed by atoms with Crippen molar-refractivity contribution in [3.05, 3.63) is 94.1 Å². The van der Waals surface area contributed by atoms with Gasteiger partial charge in [0.05, 0.1) is 11.1 Å². The largest absolute Gasteiger partial charge is 0.330 e. The lowest BCUT2D eigenvalue weighted by Gasteiger charge is -2.14. The lowest BCUT2D eigenvalue weighted by Crippen LogP contribution is -2.19. The van der Waals surface area contributed by atoms with Crippen LogP contribution in [0.1, 0.15) is 75.2 Å². The van der Waals surface area contributed by atoms with Crippen molar-refractivity contribution in [3.8, 4) is 0 Å². The molecule has 36 heavy (non-hydrogen) atoms. The summed E-state index contributed by atoms with van der Waals surface area (Å²) in [6.45, 7) is 4.93. The number of carbonyl (C=O) groups is 2. The van der Waals surface area contributed by atoms with Crippen molar-refractivity contribution in [3.63, 3.8) is 0 Å². The number of aromatic nitrogens is 3. The van der Waals surface area contributed by atoms with Gasteiger partial charge in [0.25, 0.3) is 11.8 Å². The fourth-order valence-electron chi connectivity index (χ4n) is 4.66. The maximum atomic E-state index is 13.6. The number of amides is 2. The van der Waals surface area contributed by atoms with E-state index in [4.69, 9.17) is 0 Å². The molecule has 0 saturated heterocycles. The molecule has 5 rings (SSSR count). The number of thiophene rings is 1. The van der Waals surface area contributed by atoms with E-state index in [0.29, 0.717) is 28.6 Å². The normalized spacial score (nSPS) is 12.9. The number of nitrogens with zero attached hydrogens (tertiary/aromatic N) is 3. The van der Waals surface area contributed by atoms with E-state index in [2.05, 4.69) is 39.0 Å². The van der Waals surface area contributed by atoms with Crippen molar-refractivity contribution < 1.29 is 9.59 Å². The standard InChI is InChI=1S/C28H29N5O2S/c1-18(2)25-30-13-14-33(25)17-19-7-5-9-21(15-19)31-27(35)24-22-10-3-4-11-23(22)36-28(24)32-26(34)20-8-6-12-29-16-20/h5-9,12-16,18H,3-4,10-11,17H2,1-2H3,(H,31,35)(H,32,34). The average molecular weight is 500 g/mol. The molecule has 8 heteroatoms. The molecule has 1 aromatic carbocycles. The van der Waals surface area contributed by atoms with E-state index in [1.54, 1.807) is 18.3 Å². The molecule has 0 aliphatic heterocycles. The summed E-state index contributed by atoms with van der Waals surface area (Å²) in [5, 5.41) is 6.66. The van der Waals surface area contributed by atoms with Crippen LogP contribution in [0.15, 0.2) is 61.2 Å². The van der Waals surface area contributed by atoms with Crippen molar-refractivity contribution in [1.82, 2.24) is 14.5 Å². The second kappa shape index (κ2) is 10.5. The number of rotatable bonds is 7. The van der Waals surface area contributed by atoms with Crippen LogP contribution in [0, 0.1) is 0 Å². The van der Waals surface area contributed by atoms with Gasteiger partial charge >= 0.3 is 0 Å². The zero-order valence-corrected chi connectivity index (χ0v) is 21.3. The van der Waals surface area contributed by atoms with Gasteiger partial charge in [-0.2, -0.15) is 0 Å². The molecule has 7 nitrogen and oxygen atoms in total. The number of pyridine rings is 1. The third kappa shape index (κ3) is 5.09. The molecular formula is C28H29N5O2S. The van der Waals surface area contributed by atoms with Gasteiger partial charge in [0.2, 0.25) is 0 Å². The number of nitrogens with one attached hydrogen (secondary N) is 2. The molecule has 3 heterocycles. The van der Waals surface area contributed by atoms with Gasteiger partial charge in [-0.1, -0.05) is 26.0 Å². The summed E-state index contributed by atoms with van der Waals surface area (Å²) in [6, 6.07) is 11.3. The van der Waals surface area contributed by atoms with E-state index >= 15 is 0 Å². The third-order valence-corrected chi connectivity index (χ3v) is 7.56. The zero-order valence-electron chi connectivity index (χ0n) is 20.5. The van der Waals surface area contributed by atoms with Crippen LogP contribution in [0.2, 0.25) is 0 Å². The van der Waals surface area contributed by atoms with Crippen molar-refractivity contribution in [2.24, 2.45) is 0 Å². The van der Waals surface area contributed by atoms with Crippen molar-refractivity contribution >= 4 is 33.8 Å². The van der Waals surface area contributed by atoms with Crippen molar-refractivity contribution in [1.29, 1.82) is 0 Å². The first-order chi connectivity index (χ1) is 17.5. The minimum absolute atomic E-state index is 0.196. The Bertz CT molecular complexity index is 1390. The molecule has 0 radical (unpaired) electrons. The minimum Gasteiger partial charge on any atom is -0.330 e. The Kier molecular flexibility index (Phi) is 6.95. The highest BCUT2D eigenvalue weighted by molar-refractivity contribution is 7.17. The number of anilines is 2. The van der Waals surface area contributed by atoms with Gasteiger partial charge < -0.3 is 15.2 Å². The van der Waals surface area contributed by atoms with Gasteiger partial charge in [0, 0.05) is 47.8 Å². The lowest BCUT2D eigenvalue weighted by atomic mass is 9.95. The van der Waals surface area contributed by atoms with Crippen LogP contribution in [0.4, 0.5) is 10.7 Å². The van der Waals surface area contributed by atoms with Gasteiger partial charge in [-0.15, -0.1) is 11.3 Å². The van der Waals surface area contributed by atoms with Gasteiger partial charge in [-0.05, 0) is 61.1 Å². The van der Waals surface area contributed by atoms with Crippen LogP contribution in [-0.4, -0.2) is 26.3 Å². The average Bonchev–Trinajstić information content (AvgIpc) is 3.49. The maximum Gasteiger partial charge on any atom is 0.258 e. The van der Waals surface area contributed by atoms with Crippen LogP contribution in [0.5, 0.6) is 0 Å². The van der Waals surface area contributed by atoms with E-state index in [-0.39, 0.29) is 11.8 Å². The van der Waals surface area contributed by atoms with Crippen LogP contribution in [0.3, 0.4) is 0 Å². The fourth-order valence-corrected chi connectivity index (χ4v) is 5.94. The summed E-state index contributed by atoms with van der Waals surface area (Å²) in [4.78, 5) is 36.1. The maximum absolute atomic E-state index is 13.6. The minimum atomic E-state index is -0.265. The molecule has 2 N–H and O–H groups in total. The molecular weight excluding hydrogens is 470 g/mol. The van der Waals surface area contributed by atoms with Gasteiger partial charge in [0.15, 0.2) is 0 Å². The molecule has 184 valence electrons. The number of fused-ring (bicyclic) bond motifs is 1. The zero-order chi connectivity index (χ0) is 25.1. The molecule has 3 aromatic heterocycles. The van der Waals surface area contributed by atoms with Gasteiger partial charge in [-0.3, -0.25) is 14.6 Å². The number of benzene rings is 1. The Morgan fingerprint density at radius 2 is 1.92 bits per heavy atom. The summed E-state index contributed by atoms with van der Waals surface area (Å²) in [5.74, 6) is 0.897. The van der Waals surface area contributed by atoms with Crippen molar-refractivity contribution in [2.75, 3.05) is 10.6 Å². The van der Waals surface area contributed by atoms with Gasteiger partial charge in [-0.25, -0.2) is 4.98 Å². The van der Waals surface area contributed by atoms with E-state index < -0.39 is 0 Å². The topological polar surface area (TPSA) is 88.9 Å². The summed E-state index contributed by atoms with van der Waals surface area (Å²) in [7, 11) is 0. The molecule has 0 atom stereocenters. The predicted molar refractivity (Wildman–Crippen MR) is 143 cm³/mol. The van der Waals surface area contributed by atoms with Crippen LogP contribution in [0.25, 0.3) is 0 Å². The molecule has 0 bridgehead atoms. The lowest BCUT2D eigenvalue weighted by molar-refractivity contribution is 0.102.